The summed E-state index contributed by atoms with van der Waals surface area (Å²) in [5.41, 5.74) is 8.65. The van der Waals surface area contributed by atoms with Crippen LogP contribution in [0, 0.1) is 41.5 Å². The average Bonchev–Trinajstić information content (AvgIpc) is 2.88. The number of benzene rings is 1. The summed E-state index contributed by atoms with van der Waals surface area (Å²) >= 11 is 1.90. The molecule has 0 spiro atoms. The summed E-state index contributed by atoms with van der Waals surface area (Å²) in [4.78, 5) is 2.80. The summed E-state index contributed by atoms with van der Waals surface area (Å²) in [5, 5.41) is 3.69. The van der Waals surface area contributed by atoms with E-state index in [1.54, 1.807) is 0 Å². The van der Waals surface area contributed by atoms with Crippen molar-refractivity contribution in [3.63, 3.8) is 0 Å². The zero-order valence-electron chi connectivity index (χ0n) is 14.3. The van der Waals surface area contributed by atoms with Gasteiger partial charge in [-0.05, 0) is 93.6 Å². The Morgan fingerprint density at radius 3 is 1.81 bits per heavy atom. The average molecular weight is 301 g/mol. The first-order valence-corrected chi connectivity index (χ1v) is 8.56. The predicted octanol–water partition coefficient (Wildman–Crippen LogP) is 5.30. The van der Waals surface area contributed by atoms with E-state index in [0.29, 0.717) is 6.04 Å². The van der Waals surface area contributed by atoms with Crippen LogP contribution in [0.15, 0.2) is 12.1 Å². The molecule has 2 heteroatoms. The molecule has 1 nitrogen and oxygen atoms in total. The van der Waals surface area contributed by atoms with Gasteiger partial charge in [-0.3, -0.25) is 0 Å². The molecule has 0 aliphatic rings. The van der Waals surface area contributed by atoms with Gasteiger partial charge in [-0.2, -0.15) is 0 Å². The minimum atomic E-state index is 0.312. The molecule has 0 fully saturated rings. The second-order valence-corrected chi connectivity index (χ2v) is 7.30. The maximum Gasteiger partial charge on any atom is 0.0676 e. The standard InChI is InChI=1S/C19H27NS/c1-8-20-19(17-10-9-11(2)21-17)18-15(6)13(4)12(3)14(5)16(18)7/h9-10,19-20H,8H2,1-7H3. The van der Waals surface area contributed by atoms with Crippen molar-refractivity contribution in [2.24, 2.45) is 0 Å². The fourth-order valence-electron chi connectivity index (χ4n) is 3.12. The second kappa shape index (κ2) is 6.33. The molecule has 1 heterocycles. The van der Waals surface area contributed by atoms with E-state index in [0.717, 1.165) is 6.54 Å². The molecular formula is C19H27NS. The lowest BCUT2D eigenvalue weighted by Crippen LogP contribution is -2.24. The van der Waals surface area contributed by atoms with Crippen LogP contribution < -0.4 is 5.32 Å². The molecular weight excluding hydrogens is 274 g/mol. The maximum atomic E-state index is 3.69. The molecule has 0 aliphatic heterocycles. The summed E-state index contributed by atoms with van der Waals surface area (Å²) in [6.45, 7) is 16.6. The van der Waals surface area contributed by atoms with Gasteiger partial charge in [-0.15, -0.1) is 11.3 Å². The molecule has 0 saturated carbocycles. The molecule has 21 heavy (non-hydrogen) atoms. The van der Waals surface area contributed by atoms with Crippen molar-refractivity contribution in [3.8, 4) is 0 Å². The van der Waals surface area contributed by atoms with Crippen molar-refractivity contribution in [1.82, 2.24) is 5.32 Å². The Bertz CT molecular complexity index is 623. The fourth-order valence-corrected chi connectivity index (χ4v) is 4.08. The molecule has 114 valence electrons. The first-order valence-electron chi connectivity index (χ1n) is 7.75. The topological polar surface area (TPSA) is 12.0 Å². The summed E-state index contributed by atoms with van der Waals surface area (Å²) < 4.78 is 0. The van der Waals surface area contributed by atoms with E-state index < -0.39 is 0 Å². The highest BCUT2D eigenvalue weighted by Crippen LogP contribution is 2.36. The molecule has 2 rings (SSSR count). The van der Waals surface area contributed by atoms with Gasteiger partial charge in [-0.1, -0.05) is 6.92 Å². The highest BCUT2D eigenvalue weighted by Gasteiger charge is 2.22. The monoisotopic (exact) mass is 301 g/mol. The van der Waals surface area contributed by atoms with Crippen LogP contribution in [0.5, 0.6) is 0 Å². The van der Waals surface area contributed by atoms with E-state index >= 15 is 0 Å². The molecule has 1 aromatic carbocycles. The zero-order chi connectivity index (χ0) is 15.7. The van der Waals surface area contributed by atoms with Crippen molar-refractivity contribution >= 4 is 11.3 Å². The molecule has 1 unspecified atom stereocenters. The fraction of sp³-hybridized carbons (Fsp3) is 0.474. The largest absolute Gasteiger partial charge is 0.306 e. The zero-order valence-corrected chi connectivity index (χ0v) is 15.2. The molecule has 0 amide bonds. The van der Waals surface area contributed by atoms with Gasteiger partial charge in [0.2, 0.25) is 0 Å². The minimum Gasteiger partial charge on any atom is -0.306 e. The van der Waals surface area contributed by atoms with E-state index in [2.05, 4.69) is 65.9 Å². The molecule has 0 aliphatic carbocycles. The smallest absolute Gasteiger partial charge is 0.0676 e. The van der Waals surface area contributed by atoms with Gasteiger partial charge < -0.3 is 5.32 Å². The van der Waals surface area contributed by atoms with Crippen molar-refractivity contribution < 1.29 is 0 Å². The number of aryl methyl sites for hydroxylation is 1. The third-order valence-electron chi connectivity index (χ3n) is 4.80. The first-order chi connectivity index (χ1) is 9.88. The van der Waals surface area contributed by atoms with Crippen molar-refractivity contribution in [1.29, 1.82) is 0 Å². The molecule has 1 N–H and O–H groups in total. The van der Waals surface area contributed by atoms with Gasteiger partial charge in [0.25, 0.3) is 0 Å². The number of nitrogens with one attached hydrogen (secondary N) is 1. The van der Waals surface area contributed by atoms with Crippen LogP contribution in [0.2, 0.25) is 0 Å². The molecule has 1 atom stereocenters. The summed E-state index contributed by atoms with van der Waals surface area (Å²) in [6, 6.07) is 4.81. The number of rotatable bonds is 4. The molecule has 1 aromatic heterocycles. The van der Waals surface area contributed by atoms with Crippen molar-refractivity contribution in [2.45, 2.75) is 54.5 Å². The van der Waals surface area contributed by atoms with Gasteiger partial charge in [0.05, 0.1) is 6.04 Å². The van der Waals surface area contributed by atoms with Crippen LogP contribution in [0.4, 0.5) is 0 Å². The third kappa shape index (κ3) is 2.93. The Morgan fingerprint density at radius 1 is 0.857 bits per heavy atom. The van der Waals surface area contributed by atoms with Crippen molar-refractivity contribution in [2.75, 3.05) is 6.54 Å². The van der Waals surface area contributed by atoms with Gasteiger partial charge >= 0.3 is 0 Å². The van der Waals surface area contributed by atoms with E-state index in [1.165, 1.54) is 43.1 Å². The SMILES string of the molecule is CCNC(c1ccc(C)s1)c1c(C)c(C)c(C)c(C)c1C. The number of thiophene rings is 1. The lowest BCUT2D eigenvalue weighted by molar-refractivity contribution is 0.632. The highest BCUT2D eigenvalue weighted by atomic mass is 32.1. The first kappa shape index (κ1) is 16.3. The van der Waals surface area contributed by atoms with Gasteiger partial charge in [0.15, 0.2) is 0 Å². The summed E-state index contributed by atoms with van der Waals surface area (Å²) in [5.74, 6) is 0. The second-order valence-electron chi connectivity index (χ2n) is 5.98. The maximum absolute atomic E-state index is 3.69. The van der Waals surface area contributed by atoms with Crippen LogP contribution in [0.3, 0.4) is 0 Å². The van der Waals surface area contributed by atoms with Crippen LogP contribution in [0.1, 0.15) is 56.1 Å². The van der Waals surface area contributed by atoms with E-state index in [4.69, 9.17) is 0 Å². The number of hydrogen-bond donors (Lipinski definition) is 1. The molecule has 0 saturated heterocycles. The Kier molecular flexibility index (Phi) is 4.90. The Hall–Kier alpha value is -1.12. The van der Waals surface area contributed by atoms with Crippen molar-refractivity contribution in [3.05, 3.63) is 55.3 Å². The van der Waals surface area contributed by atoms with Crippen LogP contribution in [-0.2, 0) is 0 Å². The quantitative estimate of drug-likeness (QED) is 0.808. The summed E-state index contributed by atoms with van der Waals surface area (Å²) in [7, 11) is 0. The lowest BCUT2D eigenvalue weighted by atomic mass is 9.86. The highest BCUT2D eigenvalue weighted by molar-refractivity contribution is 7.12. The Morgan fingerprint density at radius 2 is 1.38 bits per heavy atom. The minimum absolute atomic E-state index is 0.312. The predicted molar refractivity (Wildman–Crippen MR) is 94.7 cm³/mol. The van der Waals surface area contributed by atoms with Crippen LogP contribution >= 0.6 is 11.3 Å². The van der Waals surface area contributed by atoms with Gasteiger partial charge in [-0.25, -0.2) is 0 Å². The Balaban J connectivity index is 2.66. The Labute approximate surface area is 133 Å². The molecule has 2 aromatic rings. The number of hydrogen-bond acceptors (Lipinski definition) is 2. The van der Waals surface area contributed by atoms with Gasteiger partial charge in [0, 0.05) is 9.75 Å². The lowest BCUT2D eigenvalue weighted by Gasteiger charge is -2.26. The summed E-state index contributed by atoms with van der Waals surface area (Å²) in [6.07, 6.45) is 0. The van der Waals surface area contributed by atoms with E-state index in [9.17, 15) is 0 Å². The molecule has 0 bridgehead atoms. The normalized spacial score (nSPS) is 12.7. The molecule has 0 radical (unpaired) electrons. The van der Waals surface area contributed by atoms with Crippen LogP contribution in [0.25, 0.3) is 0 Å². The van der Waals surface area contributed by atoms with Crippen LogP contribution in [-0.4, -0.2) is 6.54 Å². The third-order valence-corrected chi connectivity index (χ3v) is 5.87. The van der Waals surface area contributed by atoms with E-state index in [-0.39, 0.29) is 0 Å². The van der Waals surface area contributed by atoms with E-state index in [1.807, 2.05) is 11.3 Å². The van der Waals surface area contributed by atoms with Gasteiger partial charge in [0.1, 0.15) is 0 Å².